The fourth-order valence-electron chi connectivity index (χ4n) is 3.23. The summed E-state index contributed by atoms with van der Waals surface area (Å²) in [4.78, 5) is 2.69. The quantitative estimate of drug-likeness (QED) is 0.234. The molecular weight excluding hydrogens is 434 g/mol. The summed E-state index contributed by atoms with van der Waals surface area (Å²) in [5.41, 5.74) is 8.22. The Morgan fingerprint density at radius 3 is 1.86 bits per heavy atom. The van der Waals surface area contributed by atoms with E-state index in [9.17, 15) is 25.3 Å². The van der Waals surface area contributed by atoms with Crippen molar-refractivity contribution in [2.45, 2.75) is 62.8 Å². The molecule has 2 N–H and O–H groups in total. The van der Waals surface area contributed by atoms with Gasteiger partial charge < -0.3 is 0 Å². The van der Waals surface area contributed by atoms with Gasteiger partial charge in [-0.25, -0.2) is 26.3 Å². The van der Waals surface area contributed by atoms with Crippen molar-refractivity contribution in [3.05, 3.63) is 10.4 Å². The SMILES string of the molecule is CS(=O)(=O)N[C@@H]1CCC[C@@H]1OS(C)(=O)=O.CS(=O)(=O)N[C@@H]1CCC[C@H]1N=[N+]=[N-]. The number of rotatable bonds is 7. The first kappa shape index (κ1) is 25.1. The molecule has 0 aromatic rings. The largest absolute Gasteiger partial charge is 0.265 e. The molecule has 28 heavy (non-hydrogen) atoms. The molecule has 0 saturated heterocycles. The Bertz CT molecular complexity index is 841. The van der Waals surface area contributed by atoms with Crippen molar-refractivity contribution in [3.63, 3.8) is 0 Å². The molecule has 0 radical (unpaired) electrons. The van der Waals surface area contributed by atoms with Crippen LogP contribution in [0.25, 0.3) is 10.4 Å². The molecule has 0 spiro atoms. The summed E-state index contributed by atoms with van der Waals surface area (Å²) < 4.78 is 75.2. The van der Waals surface area contributed by atoms with Crippen molar-refractivity contribution >= 4 is 30.2 Å². The van der Waals surface area contributed by atoms with E-state index >= 15 is 0 Å². The van der Waals surface area contributed by atoms with Crippen LogP contribution in [0, 0.1) is 0 Å². The van der Waals surface area contributed by atoms with Gasteiger partial charge >= 0.3 is 0 Å². The topological polar surface area (TPSA) is 184 Å². The van der Waals surface area contributed by atoms with Gasteiger partial charge in [0, 0.05) is 17.0 Å². The molecule has 0 aliphatic heterocycles. The zero-order valence-corrected chi connectivity index (χ0v) is 18.4. The van der Waals surface area contributed by atoms with Crippen molar-refractivity contribution in [1.82, 2.24) is 9.44 Å². The van der Waals surface area contributed by atoms with E-state index in [4.69, 9.17) is 9.71 Å². The first-order valence-electron chi connectivity index (χ1n) is 8.57. The predicted molar refractivity (Wildman–Crippen MR) is 104 cm³/mol. The number of nitrogens with one attached hydrogen (secondary N) is 2. The molecule has 4 atom stereocenters. The maximum Gasteiger partial charge on any atom is 0.264 e. The van der Waals surface area contributed by atoms with Crippen LogP contribution in [-0.2, 0) is 34.3 Å². The van der Waals surface area contributed by atoms with Crippen molar-refractivity contribution in [3.8, 4) is 0 Å². The van der Waals surface area contributed by atoms with Crippen LogP contribution in [0.1, 0.15) is 38.5 Å². The molecule has 2 rings (SSSR count). The van der Waals surface area contributed by atoms with Gasteiger partial charge in [-0.05, 0) is 37.6 Å². The fourth-order valence-corrected chi connectivity index (χ4v) is 5.56. The second-order valence-corrected chi connectivity index (χ2v) is 12.1. The van der Waals surface area contributed by atoms with Gasteiger partial charge in [-0.3, -0.25) is 4.18 Å². The molecule has 2 aliphatic rings. The molecule has 0 bridgehead atoms. The fraction of sp³-hybridized carbons (Fsp3) is 1.00. The molecule has 12 nitrogen and oxygen atoms in total. The minimum absolute atomic E-state index is 0.217. The highest BCUT2D eigenvalue weighted by Gasteiger charge is 2.32. The van der Waals surface area contributed by atoms with E-state index < -0.39 is 42.3 Å². The lowest BCUT2D eigenvalue weighted by Crippen LogP contribution is -2.41. The second-order valence-electron chi connectivity index (χ2n) is 6.97. The molecule has 0 heterocycles. The van der Waals surface area contributed by atoms with Crippen LogP contribution in [0.4, 0.5) is 0 Å². The summed E-state index contributed by atoms with van der Waals surface area (Å²) in [5, 5.41) is 3.54. The average molecular weight is 462 g/mol. The van der Waals surface area contributed by atoms with Gasteiger partial charge in [-0.1, -0.05) is 11.5 Å². The normalized spacial score (nSPS) is 28.2. The molecule has 2 fully saturated rings. The summed E-state index contributed by atoms with van der Waals surface area (Å²) >= 11 is 0. The van der Waals surface area contributed by atoms with Gasteiger partial charge in [0.05, 0.1) is 30.9 Å². The summed E-state index contributed by atoms with van der Waals surface area (Å²) in [5.74, 6) is 0. The van der Waals surface area contributed by atoms with Crippen LogP contribution in [0.5, 0.6) is 0 Å². The highest BCUT2D eigenvalue weighted by Crippen LogP contribution is 2.24. The van der Waals surface area contributed by atoms with Gasteiger partial charge in [0.2, 0.25) is 20.0 Å². The molecule has 15 heteroatoms. The Labute approximate surface area is 166 Å². The number of nitrogens with zero attached hydrogens (tertiary/aromatic N) is 3. The van der Waals surface area contributed by atoms with Crippen LogP contribution in [-0.4, -0.2) is 68.3 Å². The Morgan fingerprint density at radius 1 is 0.857 bits per heavy atom. The smallest absolute Gasteiger partial charge is 0.264 e. The van der Waals surface area contributed by atoms with Gasteiger partial charge in [0.1, 0.15) is 0 Å². The summed E-state index contributed by atoms with van der Waals surface area (Å²) in [7, 11) is -10.0. The maximum atomic E-state index is 11.0. The summed E-state index contributed by atoms with van der Waals surface area (Å²) in [6.07, 6.45) is 6.87. The van der Waals surface area contributed by atoms with Crippen LogP contribution in [0.2, 0.25) is 0 Å². The van der Waals surface area contributed by atoms with Crippen LogP contribution >= 0.6 is 0 Å². The van der Waals surface area contributed by atoms with Gasteiger partial charge in [-0.2, -0.15) is 8.42 Å². The molecule has 2 saturated carbocycles. The molecule has 0 unspecified atom stereocenters. The van der Waals surface area contributed by atoms with E-state index in [0.29, 0.717) is 12.8 Å². The minimum Gasteiger partial charge on any atom is -0.265 e. The standard InChI is InChI=1S/C7H15NO5S2.C6H12N4O2S/c1-14(9,10)8-6-4-3-5-7(6)13-15(2,11)12;1-13(11,12)9-6-4-2-3-5(6)8-10-7/h6-8H,3-5H2,1-2H3;5-6,9H,2-4H2,1H3/t6-,7+;5-,6-/m11/s1. The molecule has 0 amide bonds. The van der Waals surface area contributed by atoms with Crippen LogP contribution < -0.4 is 9.44 Å². The lowest BCUT2D eigenvalue weighted by molar-refractivity contribution is 0.194. The zero-order valence-electron chi connectivity index (χ0n) is 16.0. The second kappa shape index (κ2) is 10.2. The Morgan fingerprint density at radius 2 is 1.36 bits per heavy atom. The Hall–Kier alpha value is -0.960. The van der Waals surface area contributed by atoms with Crippen molar-refractivity contribution < 1.29 is 29.4 Å². The van der Waals surface area contributed by atoms with E-state index in [1.807, 2.05) is 0 Å². The third-order valence-corrected chi connectivity index (χ3v) is 6.22. The van der Waals surface area contributed by atoms with E-state index in [2.05, 4.69) is 19.5 Å². The average Bonchev–Trinajstić information content (AvgIpc) is 3.06. The molecular formula is C13H27N5O7S3. The number of hydrogen-bond donors (Lipinski definition) is 2. The number of sulfonamides is 2. The van der Waals surface area contributed by atoms with E-state index in [1.165, 1.54) is 0 Å². The van der Waals surface area contributed by atoms with E-state index in [1.54, 1.807) is 0 Å². The molecule has 164 valence electrons. The van der Waals surface area contributed by atoms with Gasteiger partial charge in [-0.15, -0.1) is 0 Å². The third-order valence-electron chi connectivity index (χ3n) is 4.16. The highest BCUT2D eigenvalue weighted by atomic mass is 32.2. The van der Waals surface area contributed by atoms with E-state index in [-0.39, 0.29) is 12.1 Å². The predicted octanol–water partition coefficient (Wildman–Crippen LogP) is 0.200. The molecule has 0 aromatic carbocycles. The third kappa shape index (κ3) is 10.5. The Balaban J connectivity index is 0.000000283. The number of azide groups is 1. The number of hydrogen-bond acceptors (Lipinski definition) is 8. The molecule has 0 aromatic heterocycles. The monoisotopic (exact) mass is 461 g/mol. The van der Waals surface area contributed by atoms with Crippen molar-refractivity contribution in [1.29, 1.82) is 0 Å². The molecule has 2 aliphatic carbocycles. The summed E-state index contributed by atoms with van der Waals surface area (Å²) in [6, 6.07) is -0.875. The first-order valence-corrected chi connectivity index (χ1v) is 14.2. The summed E-state index contributed by atoms with van der Waals surface area (Å²) in [6.45, 7) is 0. The van der Waals surface area contributed by atoms with Crippen molar-refractivity contribution in [2.24, 2.45) is 5.11 Å². The van der Waals surface area contributed by atoms with Crippen LogP contribution in [0.3, 0.4) is 0 Å². The first-order chi connectivity index (χ1) is 12.7. The van der Waals surface area contributed by atoms with Crippen LogP contribution in [0.15, 0.2) is 5.11 Å². The minimum atomic E-state index is -3.53. The Kier molecular flexibility index (Phi) is 9.12. The highest BCUT2D eigenvalue weighted by molar-refractivity contribution is 7.89. The van der Waals surface area contributed by atoms with E-state index in [0.717, 1.165) is 44.5 Å². The lowest BCUT2D eigenvalue weighted by Gasteiger charge is -2.18. The van der Waals surface area contributed by atoms with Crippen molar-refractivity contribution in [2.75, 3.05) is 18.8 Å². The lowest BCUT2D eigenvalue weighted by atomic mass is 10.2. The maximum absolute atomic E-state index is 11.0. The van der Waals surface area contributed by atoms with Gasteiger partial charge in [0.25, 0.3) is 10.1 Å². The zero-order chi connectivity index (χ0) is 21.6. The van der Waals surface area contributed by atoms with Gasteiger partial charge in [0.15, 0.2) is 0 Å².